The molecule has 6 nitrogen and oxygen atoms in total. The van der Waals surface area contributed by atoms with E-state index < -0.39 is 0 Å². The number of amides is 1. The van der Waals surface area contributed by atoms with Crippen LogP contribution in [0, 0.1) is 0 Å². The Kier molecular flexibility index (Phi) is 4.12. The van der Waals surface area contributed by atoms with Gasteiger partial charge in [0.25, 0.3) is 5.91 Å². The number of nitrogens with one attached hydrogen (secondary N) is 1. The number of carbonyl (C=O) groups is 2. The maximum absolute atomic E-state index is 12.4. The van der Waals surface area contributed by atoms with Crippen LogP contribution in [0.4, 0.5) is 5.82 Å². The van der Waals surface area contributed by atoms with Crippen LogP contribution >= 0.6 is 0 Å². The Labute approximate surface area is 145 Å². The van der Waals surface area contributed by atoms with Crippen molar-refractivity contribution in [2.24, 2.45) is 0 Å². The van der Waals surface area contributed by atoms with E-state index in [2.05, 4.69) is 36.2 Å². The molecule has 0 radical (unpaired) electrons. The standard InChI is InChI=1S/C19H20N4O2/c1-12(24)15-9-10-17-20-16(11-23(17)22-15)21-18(25)13-5-7-14(8-6-13)19(2,3)4/h5-11H,1-4H3,(H,21,25). The zero-order chi connectivity index (χ0) is 18.2. The van der Waals surface area contributed by atoms with Crippen molar-refractivity contribution in [2.45, 2.75) is 33.1 Å². The molecular formula is C19H20N4O2. The third-order valence-electron chi connectivity index (χ3n) is 3.94. The number of hydrogen-bond acceptors (Lipinski definition) is 4. The summed E-state index contributed by atoms with van der Waals surface area (Å²) in [5.41, 5.74) is 2.67. The number of Topliss-reactive ketones (excluding diaryl/α,β-unsaturated/α-hetero) is 1. The Morgan fingerprint density at radius 3 is 2.32 bits per heavy atom. The van der Waals surface area contributed by atoms with Crippen molar-refractivity contribution in [1.82, 2.24) is 14.6 Å². The molecule has 128 valence electrons. The van der Waals surface area contributed by atoms with Gasteiger partial charge in [0.05, 0.1) is 6.20 Å². The quantitative estimate of drug-likeness (QED) is 0.743. The summed E-state index contributed by atoms with van der Waals surface area (Å²) in [5, 5.41) is 6.93. The van der Waals surface area contributed by atoms with E-state index in [-0.39, 0.29) is 17.1 Å². The molecule has 2 heterocycles. The molecule has 0 saturated carbocycles. The van der Waals surface area contributed by atoms with Gasteiger partial charge in [0.2, 0.25) is 0 Å². The molecule has 0 aliphatic carbocycles. The zero-order valence-corrected chi connectivity index (χ0v) is 14.7. The van der Waals surface area contributed by atoms with Crippen molar-refractivity contribution in [3.63, 3.8) is 0 Å². The van der Waals surface area contributed by atoms with Gasteiger partial charge in [-0.2, -0.15) is 5.10 Å². The lowest BCUT2D eigenvalue weighted by atomic mass is 9.87. The Hall–Kier alpha value is -3.02. The molecule has 1 amide bonds. The van der Waals surface area contributed by atoms with Crippen LogP contribution < -0.4 is 5.32 Å². The molecule has 1 N–H and O–H groups in total. The highest BCUT2D eigenvalue weighted by Crippen LogP contribution is 2.22. The van der Waals surface area contributed by atoms with Crippen molar-refractivity contribution in [2.75, 3.05) is 5.32 Å². The molecule has 0 aliphatic rings. The van der Waals surface area contributed by atoms with Crippen LogP contribution in [0.25, 0.3) is 5.65 Å². The summed E-state index contributed by atoms with van der Waals surface area (Å²) in [6, 6.07) is 10.8. The fraction of sp³-hybridized carbons (Fsp3) is 0.263. The molecule has 0 atom stereocenters. The van der Waals surface area contributed by atoms with E-state index in [9.17, 15) is 9.59 Å². The van der Waals surface area contributed by atoms with E-state index in [1.165, 1.54) is 11.4 Å². The summed E-state index contributed by atoms with van der Waals surface area (Å²) in [6.07, 6.45) is 1.59. The smallest absolute Gasteiger partial charge is 0.256 e. The van der Waals surface area contributed by atoms with Crippen molar-refractivity contribution < 1.29 is 9.59 Å². The normalized spacial score (nSPS) is 11.5. The minimum absolute atomic E-state index is 0.0384. The predicted molar refractivity (Wildman–Crippen MR) is 96.1 cm³/mol. The molecule has 0 unspecified atom stereocenters. The Morgan fingerprint density at radius 2 is 1.72 bits per heavy atom. The highest BCUT2D eigenvalue weighted by atomic mass is 16.1. The van der Waals surface area contributed by atoms with Crippen LogP contribution in [-0.4, -0.2) is 26.3 Å². The molecule has 25 heavy (non-hydrogen) atoms. The third kappa shape index (κ3) is 3.57. The fourth-order valence-corrected chi connectivity index (χ4v) is 2.44. The van der Waals surface area contributed by atoms with Gasteiger partial charge in [0, 0.05) is 12.5 Å². The lowest BCUT2D eigenvalue weighted by Crippen LogP contribution is -2.14. The topological polar surface area (TPSA) is 76.4 Å². The first-order valence-corrected chi connectivity index (χ1v) is 8.03. The number of carbonyl (C=O) groups excluding carboxylic acids is 2. The average molecular weight is 336 g/mol. The molecule has 0 bridgehead atoms. The number of imidazole rings is 1. The number of benzene rings is 1. The highest BCUT2D eigenvalue weighted by Gasteiger charge is 2.15. The van der Waals surface area contributed by atoms with Crippen LogP contribution in [0.3, 0.4) is 0 Å². The van der Waals surface area contributed by atoms with Crippen LogP contribution in [0.2, 0.25) is 0 Å². The minimum Gasteiger partial charge on any atom is -0.305 e. The monoisotopic (exact) mass is 336 g/mol. The summed E-state index contributed by atoms with van der Waals surface area (Å²) in [6.45, 7) is 7.83. The van der Waals surface area contributed by atoms with Gasteiger partial charge in [-0.25, -0.2) is 9.50 Å². The van der Waals surface area contributed by atoms with E-state index in [1.54, 1.807) is 30.5 Å². The predicted octanol–water partition coefficient (Wildman–Crippen LogP) is 3.48. The van der Waals surface area contributed by atoms with Crippen LogP contribution in [0.1, 0.15) is 54.1 Å². The van der Waals surface area contributed by atoms with Gasteiger partial charge in [0.15, 0.2) is 17.2 Å². The third-order valence-corrected chi connectivity index (χ3v) is 3.94. The number of nitrogens with zero attached hydrogens (tertiary/aromatic N) is 3. The first kappa shape index (κ1) is 16.8. The summed E-state index contributed by atoms with van der Waals surface area (Å²) in [7, 11) is 0. The first-order valence-electron chi connectivity index (χ1n) is 8.03. The van der Waals surface area contributed by atoms with Gasteiger partial charge in [0.1, 0.15) is 5.69 Å². The number of aromatic nitrogens is 3. The summed E-state index contributed by atoms with van der Waals surface area (Å²) in [5.74, 6) is 0.0221. The second-order valence-corrected chi connectivity index (χ2v) is 6.99. The molecule has 3 rings (SSSR count). The van der Waals surface area contributed by atoms with Crippen LogP contribution in [0.15, 0.2) is 42.6 Å². The molecule has 6 heteroatoms. The molecule has 0 aliphatic heterocycles. The average Bonchev–Trinajstić information content (AvgIpc) is 2.95. The van der Waals surface area contributed by atoms with E-state index >= 15 is 0 Å². The van der Waals surface area contributed by atoms with Crippen LogP contribution in [-0.2, 0) is 5.41 Å². The lowest BCUT2D eigenvalue weighted by molar-refractivity contribution is 0.100. The van der Waals surface area contributed by atoms with Crippen molar-refractivity contribution in [3.05, 3.63) is 59.4 Å². The Bertz CT molecular complexity index is 950. The van der Waals surface area contributed by atoms with Gasteiger partial charge < -0.3 is 5.32 Å². The van der Waals surface area contributed by atoms with Crippen molar-refractivity contribution >= 4 is 23.2 Å². The number of ketones is 1. The minimum atomic E-state index is -0.240. The molecule has 0 fully saturated rings. The van der Waals surface area contributed by atoms with Crippen LogP contribution in [0.5, 0.6) is 0 Å². The number of fused-ring (bicyclic) bond motifs is 1. The maximum atomic E-state index is 12.4. The molecule has 3 aromatic rings. The second kappa shape index (κ2) is 6.12. The maximum Gasteiger partial charge on any atom is 0.256 e. The molecular weight excluding hydrogens is 316 g/mol. The highest BCUT2D eigenvalue weighted by molar-refractivity contribution is 6.03. The first-order chi connectivity index (χ1) is 11.7. The van der Waals surface area contributed by atoms with Gasteiger partial charge in [-0.05, 0) is 35.2 Å². The fourth-order valence-electron chi connectivity index (χ4n) is 2.44. The zero-order valence-electron chi connectivity index (χ0n) is 14.7. The van der Waals surface area contributed by atoms with Gasteiger partial charge in [-0.15, -0.1) is 0 Å². The van der Waals surface area contributed by atoms with Gasteiger partial charge >= 0.3 is 0 Å². The van der Waals surface area contributed by atoms with Crippen molar-refractivity contribution in [3.8, 4) is 0 Å². The number of hydrogen-bond donors (Lipinski definition) is 1. The number of rotatable bonds is 3. The molecule has 1 aromatic carbocycles. The van der Waals surface area contributed by atoms with E-state index in [4.69, 9.17) is 0 Å². The van der Waals surface area contributed by atoms with Gasteiger partial charge in [-0.1, -0.05) is 32.9 Å². The summed E-state index contributed by atoms with van der Waals surface area (Å²) in [4.78, 5) is 28.1. The van der Waals surface area contributed by atoms with E-state index in [1.807, 2.05) is 12.1 Å². The lowest BCUT2D eigenvalue weighted by Gasteiger charge is -2.18. The Morgan fingerprint density at radius 1 is 1.04 bits per heavy atom. The van der Waals surface area contributed by atoms with Gasteiger partial charge in [-0.3, -0.25) is 9.59 Å². The largest absolute Gasteiger partial charge is 0.305 e. The Balaban J connectivity index is 1.80. The van der Waals surface area contributed by atoms with E-state index in [0.717, 1.165) is 5.56 Å². The summed E-state index contributed by atoms with van der Waals surface area (Å²) < 4.78 is 1.48. The molecule has 2 aromatic heterocycles. The molecule has 0 saturated heterocycles. The second-order valence-electron chi connectivity index (χ2n) is 6.99. The SMILES string of the molecule is CC(=O)c1ccc2nc(NC(=O)c3ccc(C(C)(C)C)cc3)cn2n1. The van der Waals surface area contributed by atoms with Crippen molar-refractivity contribution in [1.29, 1.82) is 0 Å². The van der Waals surface area contributed by atoms with E-state index in [0.29, 0.717) is 22.7 Å². The number of anilines is 1. The molecule has 0 spiro atoms. The summed E-state index contributed by atoms with van der Waals surface area (Å²) >= 11 is 0.